The zero-order chi connectivity index (χ0) is 25.2. The molecule has 4 aromatic rings. The summed E-state index contributed by atoms with van der Waals surface area (Å²) in [4.78, 5) is 20.1. The summed E-state index contributed by atoms with van der Waals surface area (Å²) in [7, 11) is 0. The number of fused-ring (bicyclic) bond motifs is 1. The zero-order valence-corrected chi connectivity index (χ0v) is 19.9. The van der Waals surface area contributed by atoms with Crippen LogP contribution in [0.25, 0.3) is 11.5 Å². The number of aromatic nitrogens is 2. The first-order valence-electron chi connectivity index (χ1n) is 12.1. The zero-order valence-electron chi connectivity index (χ0n) is 19.9. The van der Waals surface area contributed by atoms with E-state index in [4.69, 9.17) is 14.1 Å². The Kier molecular flexibility index (Phi) is 6.20. The van der Waals surface area contributed by atoms with Crippen molar-refractivity contribution in [2.24, 2.45) is 4.99 Å². The normalized spacial score (nSPS) is 17.6. The van der Waals surface area contributed by atoms with E-state index in [1.165, 1.54) is 12.1 Å². The average Bonchev–Trinajstić information content (AvgIpc) is 3.35. The molecule has 3 heterocycles. The average molecular weight is 498 g/mol. The molecule has 0 radical (unpaired) electrons. The highest BCUT2D eigenvalue weighted by molar-refractivity contribution is 6.16. The Morgan fingerprint density at radius 1 is 0.919 bits per heavy atom. The lowest BCUT2D eigenvalue weighted by molar-refractivity contribution is -0.119. The monoisotopic (exact) mass is 497 g/mol. The smallest absolute Gasteiger partial charge is 0.317 e. The molecule has 8 nitrogen and oxygen atoms in total. The number of hydrogen-bond acceptors (Lipinski definition) is 8. The summed E-state index contributed by atoms with van der Waals surface area (Å²) in [5.74, 6) is -0.383. The predicted molar refractivity (Wildman–Crippen MR) is 137 cm³/mol. The van der Waals surface area contributed by atoms with E-state index in [0.29, 0.717) is 37.6 Å². The molecule has 1 fully saturated rings. The molecule has 0 aliphatic carbocycles. The van der Waals surface area contributed by atoms with Crippen molar-refractivity contribution in [2.75, 3.05) is 36.5 Å². The van der Waals surface area contributed by atoms with Crippen LogP contribution in [0.5, 0.6) is 0 Å². The minimum absolute atomic E-state index is 0.0349. The van der Waals surface area contributed by atoms with E-state index in [2.05, 4.69) is 20.4 Å². The highest BCUT2D eigenvalue weighted by atomic mass is 19.1. The first kappa shape index (κ1) is 23.1. The van der Waals surface area contributed by atoms with Crippen LogP contribution in [0, 0.1) is 5.82 Å². The van der Waals surface area contributed by atoms with Crippen LogP contribution in [-0.2, 0) is 16.0 Å². The van der Waals surface area contributed by atoms with Crippen molar-refractivity contribution in [3.8, 4) is 11.5 Å². The molecule has 1 saturated heterocycles. The van der Waals surface area contributed by atoms with Gasteiger partial charge < -0.3 is 19.4 Å². The van der Waals surface area contributed by atoms with Crippen molar-refractivity contribution in [2.45, 2.75) is 12.6 Å². The maximum Gasteiger partial charge on any atom is 0.317 e. The third-order valence-corrected chi connectivity index (χ3v) is 6.47. The van der Waals surface area contributed by atoms with Crippen LogP contribution >= 0.6 is 0 Å². The lowest BCUT2D eigenvalue weighted by atomic mass is 9.96. The molecule has 6 rings (SSSR count). The van der Waals surface area contributed by atoms with Gasteiger partial charge in [0.2, 0.25) is 0 Å². The van der Waals surface area contributed by atoms with Crippen LogP contribution in [-0.4, -0.2) is 54.2 Å². The van der Waals surface area contributed by atoms with Gasteiger partial charge in [-0.2, -0.15) is 0 Å². The van der Waals surface area contributed by atoms with E-state index in [9.17, 15) is 9.18 Å². The number of carbonyl (C=O) groups excluding carboxylic acids is 1. The summed E-state index contributed by atoms with van der Waals surface area (Å²) in [5.41, 5.74) is 4.69. The van der Waals surface area contributed by atoms with Crippen LogP contribution in [0.1, 0.15) is 16.7 Å². The molecular formula is C28H24FN5O3. The molecule has 0 amide bonds. The SMILES string of the molecule is O=C1Cc2ccccc2C(c2ccccc2)=N[C@@H]1Nc1nnc(-c2cc(F)ccc2N2CCOCC2)o1. The number of halogens is 1. The first-order valence-corrected chi connectivity index (χ1v) is 12.1. The van der Waals surface area contributed by atoms with Gasteiger partial charge in [0.1, 0.15) is 5.82 Å². The van der Waals surface area contributed by atoms with E-state index in [1.807, 2.05) is 54.6 Å². The molecule has 2 aliphatic heterocycles. The predicted octanol–water partition coefficient (Wildman–Crippen LogP) is 4.11. The van der Waals surface area contributed by atoms with Gasteiger partial charge in [0.05, 0.1) is 24.5 Å². The minimum Gasteiger partial charge on any atom is -0.403 e. The molecule has 37 heavy (non-hydrogen) atoms. The Morgan fingerprint density at radius 3 is 2.54 bits per heavy atom. The van der Waals surface area contributed by atoms with Crippen LogP contribution in [0.4, 0.5) is 16.1 Å². The minimum atomic E-state index is -0.929. The third kappa shape index (κ3) is 4.73. The Morgan fingerprint density at radius 2 is 1.70 bits per heavy atom. The van der Waals surface area contributed by atoms with Crippen LogP contribution in [0.15, 0.2) is 82.2 Å². The van der Waals surface area contributed by atoms with Crippen molar-refractivity contribution in [3.63, 3.8) is 0 Å². The van der Waals surface area contributed by atoms with Crippen molar-refractivity contribution in [3.05, 3.63) is 95.3 Å². The second kappa shape index (κ2) is 9.94. The summed E-state index contributed by atoms with van der Waals surface area (Å²) in [6.07, 6.45) is -0.721. The topological polar surface area (TPSA) is 92.9 Å². The molecule has 9 heteroatoms. The highest BCUT2D eigenvalue weighted by Crippen LogP contribution is 2.32. The largest absolute Gasteiger partial charge is 0.403 e. The molecule has 3 aromatic carbocycles. The fraction of sp³-hybridized carbons (Fsp3) is 0.214. The summed E-state index contributed by atoms with van der Waals surface area (Å²) in [6.45, 7) is 2.51. The number of hydrogen-bond donors (Lipinski definition) is 1. The van der Waals surface area contributed by atoms with Gasteiger partial charge in [-0.15, -0.1) is 5.10 Å². The van der Waals surface area contributed by atoms with Gasteiger partial charge in [0, 0.05) is 36.3 Å². The number of rotatable bonds is 5. The number of nitrogens with one attached hydrogen (secondary N) is 1. The number of morpholine rings is 1. The molecule has 0 saturated carbocycles. The number of benzene rings is 3. The van der Waals surface area contributed by atoms with Crippen LogP contribution < -0.4 is 10.2 Å². The fourth-order valence-electron chi connectivity index (χ4n) is 4.67. The Labute approximate surface area is 212 Å². The number of ketones is 1. The summed E-state index contributed by atoms with van der Waals surface area (Å²) in [6, 6.07) is 22.0. The van der Waals surface area contributed by atoms with Gasteiger partial charge in [-0.05, 0) is 23.8 Å². The molecule has 0 unspecified atom stereocenters. The molecule has 0 spiro atoms. The van der Waals surface area contributed by atoms with E-state index in [1.54, 1.807) is 6.07 Å². The van der Waals surface area contributed by atoms with Crippen molar-refractivity contribution < 1.29 is 18.3 Å². The maximum absolute atomic E-state index is 14.2. The Hall–Kier alpha value is -4.37. The molecule has 186 valence electrons. The number of carbonyl (C=O) groups is 1. The standard InChI is InChI=1S/C28H24FN5O3/c29-20-10-11-23(34-12-14-36-15-13-34)22(17-20)27-32-33-28(37-27)31-26-24(35)16-19-8-4-5-9-21(19)25(30-26)18-6-2-1-3-7-18/h1-11,17,26H,12-16H2,(H,31,33)/t26-/m1/s1. The van der Waals surface area contributed by atoms with E-state index < -0.39 is 12.0 Å². The van der Waals surface area contributed by atoms with Crippen molar-refractivity contribution in [1.82, 2.24) is 10.2 Å². The number of nitrogens with zero attached hydrogens (tertiary/aromatic N) is 4. The van der Waals surface area contributed by atoms with Gasteiger partial charge in [-0.3, -0.25) is 9.79 Å². The molecule has 1 atom stereocenters. The fourth-order valence-corrected chi connectivity index (χ4v) is 4.67. The Bertz CT molecular complexity index is 1460. The molecule has 2 aliphatic rings. The van der Waals surface area contributed by atoms with Gasteiger partial charge in [-0.25, -0.2) is 4.39 Å². The summed E-state index contributed by atoms with van der Waals surface area (Å²) in [5, 5.41) is 11.3. The van der Waals surface area contributed by atoms with Gasteiger partial charge in [-0.1, -0.05) is 59.7 Å². The highest BCUT2D eigenvalue weighted by Gasteiger charge is 2.28. The summed E-state index contributed by atoms with van der Waals surface area (Å²) >= 11 is 0. The van der Waals surface area contributed by atoms with Crippen LogP contribution in [0.3, 0.4) is 0 Å². The van der Waals surface area contributed by atoms with Crippen LogP contribution in [0.2, 0.25) is 0 Å². The number of aliphatic imine (C=N–C) groups is 1. The van der Waals surface area contributed by atoms with E-state index >= 15 is 0 Å². The first-order chi connectivity index (χ1) is 18.2. The van der Waals surface area contributed by atoms with E-state index in [-0.39, 0.29) is 24.1 Å². The molecule has 1 N–H and O–H groups in total. The molecule has 1 aromatic heterocycles. The van der Waals surface area contributed by atoms with Gasteiger partial charge in [0.15, 0.2) is 11.9 Å². The summed E-state index contributed by atoms with van der Waals surface area (Å²) < 4.78 is 25.5. The Balaban J connectivity index is 1.33. The lowest BCUT2D eigenvalue weighted by Crippen LogP contribution is -2.36. The molecule has 0 bridgehead atoms. The van der Waals surface area contributed by atoms with Gasteiger partial charge in [0.25, 0.3) is 5.89 Å². The second-order valence-corrected chi connectivity index (χ2v) is 8.86. The quantitative estimate of drug-likeness (QED) is 0.444. The van der Waals surface area contributed by atoms with Crippen molar-refractivity contribution in [1.29, 1.82) is 0 Å². The van der Waals surface area contributed by atoms with E-state index in [0.717, 1.165) is 22.4 Å². The second-order valence-electron chi connectivity index (χ2n) is 8.86. The number of ether oxygens (including phenoxy) is 1. The van der Waals surface area contributed by atoms with Gasteiger partial charge >= 0.3 is 6.01 Å². The molecular weight excluding hydrogens is 473 g/mol. The number of Topliss-reactive ketones (excluding diaryl/α,β-unsaturated/α-hetero) is 1. The third-order valence-electron chi connectivity index (χ3n) is 6.47. The maximum atomic E-state index is 14.2. The number of anilines is 2. The van der Waals surface area contributed by atoms with Crippen molar-refractivity contribution >= 4 is 23.2 Å². The lowest BCUT2D eigenvalue weighted by Gasteiger charge is -2.30.